The highest BCUT2D eigenvalue weighted by Crippen LogP contribution is 2.16. The first-order valence-corrected chi connectivity index (χ1v) is 8.43. The van der Waals surface area contributed by atoms with Gasteiger partial charge in [0.2, 0.25) is 0 Å². The zero-order valence-corrected chi connectivity index (χ0v) is 15.1. The van der Waals surface area contributed by atoms with E-state index in [4.69, 9.17) is 9.15 Å². The number of aryl methyl sites for hydroxylation is 2. The number of amides is 1. The Labute approximate surface area is 151 Å². The van der Waals surface area contributed by atoms with E-state index in [1.54, 1.807) is 31.3 Å². The van der Waals surface area contributed by atoms with Crippen molar-refractivity contribution >= 4 is 16.9 Å². The Kier molecular flexibility index (Phi) is 5.07. The van der Waals surface area contributed by atoms with Crippen LogP contribution in [0.15, 0.2) is 57.7 Å². The van der Waals surface area contributed by atoms with Gasteiger partial charge in [-0.2, -0.15) is 0 Å². The minimum Gasteiger partial charge on any atom is -0.492 e. The fourth-order valence-electron chi connectivity index (χ4n) is 2.83. The molecule has 0 aliphatic rings. The lowest BCUT2D eigenvalue weighted by molar-refractivity contribution is 0.0769. The Morgan fingerprint density at radius 1 is 1.08 bits per heavy atom. The van der Waals surface area contributed by atoms with Gasteiger partial charge in [-0.15, -0.1) is 0 Å². The second kappa shape index (κ2) is 7.44. The number of nitrogens with zero attached hydrogens (tertiary/aromatic N) is 1. The highest BCUT2D eigenvalue weighted by molar-refractivity contribution is 5.96. The number of hydrogen-bond acceptors (Lipinski definition) is 4. The molecule has 0 atom stereocenters. The first-order valence-electron chi connectivity index (χ1n) is 8.43. The van der Waals surface area contributed by atoms with Crippen molar-refractivity contribution in [2.75, 3.05) is 20.2 Å². The number of para-hydroxylation sites is 1. The molecule has 1 amide bonds. The third kappa shape index (κ3) is 3.94. The third-order valence-electron chi connectivity index (χ3n) is 4.11. The number of hydrogen-bond donors (Lipinski definition) is 0. The molecule has 26 heavy (non-hydrogen) atoms. The molecule has 0 spiro atoms. The molecule has 1 aromatic heterocycles. The standard InChI is InChI=1S/C21H21NO4/c1-14-10-15(2)12-17(11-14)25-9-8-22(3)20(23)18-13-16-6-4-5-7-19(16)26-21(18)24/h4-7,10-13H,8-9H2,1-3H3. The molecule has 3 rings (SSSR count). The summed E-state index contributed by atoms with van der Waals surface area (Å²) in [5.74, 6) is 0.391. The van der Waals surface area contributed by atoms with Gasteiger partial charge in [-0.05, 0) is 49.2 Å². The molecule has 0 saturated heterocycles. The van der Waals surface area contributed by atoms with Crippen LogP contribution in [0.1, 0.15) is 21.5 Å². The van der Waals surface area contributed by atoms with Crippen LogP contribution in [0, 0.1) is 13.8 Å². The van der Waals surface area contributed by atoms with E-state index in [0.717, 1.165) is 22.3 Å². The Hall–Kier alpha value is -3.08. The molecule has 0 radical (unpaired) electrons. The molecule has 0 bridgehead atoms. The predicted molar refractivity (Wildman–Crippen MR) is 101 cm³/mol. The summed E-state index contributed by atoms with van der Waals surface area (Å²) in [7, 11) is 1.64. The van der Waals surface area contributed by atoms with Crippen molar-refractivity contribution in [2.24, 2.45) is 0 Å². The number of carbonyl (C=O) groups is 1. The van der Waals surface area contributed by atoms with E-state index in [9.17, 15) is 9.59 Å². The second-order valence-corrected chi connectivity index (χ2v) is 6.38. The molecular weight excluding hydrogens is 330 g/mol. The topological polar surface area (TPSA) is 59.8 Å². The van der Waals surface area contributed by atoms with Gasteiger partial charge in [-0.1, -0.05) is 24.3 Å². The third-order valence-corrected chi connectivity index (χ3v) is 4.11. The van der Waals surface area contributed by atoms with Crippen LogP contribution in [-0.4, -0.2) is 31.0 Å². The number of carbonyl (C=O) groups excluding carboxylic acids is 1. The van der Waals surface area contributed by atoms with Crippen LogP contribution in [0.2, 0.25) is 0 Å². The average Bonchev–Trinajstić information content (AvgIpc) is 2.59. The smallest absolute Gasteiger partial charge is 0.349 e. The summed E-state index contributed by atoms with van der Waals surface area (Å²) in [6.45, 7) is 4.71. The molecule has 0 unspecified atom stereocenters. The number of ether oxygens (including phenoxy) is 1. The van der Waals surface area contributed by atoms with E-state index in [0.29, 0.717) is 18.7 Å². The lowest BCUT2D eigenvalue weighted by Crippen LogP contribution is -2.33. The maximum atomic E-state index is 12.6. The fraction of sp³-hybridized carbons (Fsp3) is 0.238. The van der Waals surface area contributed by atoms with Crippen LogP contribution < -0.4 is 10.4 Å². The van der Waals surface area contributed by atoms with Crippen molar-refractivity contribution in [3.05, 3.63) is 75.6 Å². The van der Waals surface area contributed by atoms with Crippen LogP contribution in [-0.2, 0) is 0 Å². The molecule has 2 aromatic carbocycles. The molecule has 0 fully saturated rings. The minimum atomic E-state index is -0.629. The minimum absolute atomic E-state index is 0.0256. The van der Waals surface area contributed by atoms with Gasteiger partial charge in [0, 0.05) is 12.4 Å². The molecule has 1 heterocycles. The quantitative estimate of drug-likeness (QED) is 0.660. The van der Waals surface area contributed by atoms with Crippen LogP contribution in [0.3, 0.4) is 0 Å². The molecule has 0 aliphatic carbocycles. The van der Waals surface area contributed by atoms with Gasteiger partial charge in [-0.25, -0.2) is 4.79 Å². The van der Waals surface area contributed by atoms with Gasteiger partial charge >= 0.3 is 5.63 Å². The summed E-state index contributed by atoms with van der Waals surface area (Å²) in [4.78, 5) is 26.1. The second-order valence-electron chi connectivity index (χ2n) is 6.38. The van der Waals surface area contributed by atoms with Crippen molar-refractivity contribution in [1.82, 2.24) is 4.90 Å². The Morgan fingerprint density at radius 2 is 1.77 bits per heavy atom. The van der Waals surface area contributed by atoms with Gasteiger partial charge < -0.3 is 14.1 Å². The van der Waals surface area contributed by atoms with Gasteiger partial charge in [0.25, 0.3) is 5.91 Å². The number of benzene rings is 2. The van der Waals surface area contributed by atoms with Crippen molar-refractivity contribution in [2.45, 2.75) is 13.8 Å². The molecule has 5 heteroatoms. The summed E-state index contributed by atoms with van der Waals surface area (Å²) in [5, 5.41) is 0.718. The zero-order chi connectivity index (χ0) is 18.7. The largest absolute Gasteiger partial charge is 0.492 e. The van der Waals surface area contributed by atoms with Gasteiger partial charge in [-0.3, -0.25) is 4.79 Å². The van der Waals surface area contributed by atoms with Crippen molar-refractivity contribution in [3.63, 3.8) is 0 Å². The van der Waals surface area contributed by atoms with Gasteiger partial charge in [0.05, 0.1) is 6.54 Å². The maximum Gasteiger partial charge on any atom is 0.349 e. The van der Waals surface area contributed by atoms with E-state index in [1.165, 1.54) is 4.90 Å². The number of rotatable bonds is 5. The molecule has 3 aromatic rings. The highest BCUT2D eigenvalue weighted by atomic mass is 16.5. The summed E-state index contributed by atoms with van der Waals surface area (Å²) >= 11 is 0. The molecule has 5 nitrogen and oxygen atoms in total. The highest BCUT2D eigenvalue weighted by Gasteiger charge is 2.17. The Balaban J connectivity index is 1.68. The van der Waals surface area contributed by atoms with Gasteiger partial charge in [0.1, 0.15) is 23.5 Å². The lowest BCUT2D eigenvalue weighted by atomic mass is 10.1. The van der Waals surface area contributed by atoms with E-state index >= 15 is 0 Å². The molecular formula is C21H21NO4. The zero-order valence-electron chi connectivity index (χ0n) is 15.1. The van der Waals surface area contributed by atoms with Crippen LogP contribution in [0.25, 0.3) is 11.0 Å². The van der Waals surface area contributed by atoms with Crippen molar-refractivity contribution < 1.29 is 13.9 Å². The number of fused-ring (bicyclic) bond motifs is 1. The SMILES string of the molecule is Cc1cc(C)cc(OCCN(C)C(=O)c2cc3ccccc3oc2=O)c1. The monoisotopic (exact) mass is 351 g/mol. The van der Waals surface area contributed by atoms with E-state index in [-0.39, 0.29) is 11.5 Å². The van der Waals surface area contributed by atoms with Crippen LogP contribution in [0.5, 0.6) is 5.75 Å². The lowest BCUT2D eigenvalue weighted by Gasteiger charge is -2.17. The predicted octanol–water partition coefficient (Wildman–Crippen LogP) is 3.56. The molecule has 134 valence electrons. The van der Waals surface area contributed by atoms with E-state index in [1.807, 2.05) is 32.0 Å². The van der Waals surface area contributed by atoms with E-state index < -0.39 is 5.63 Å². The molecule has 0 aliphatic heterocycles. The fourth-order valence-corrected chi connectivity index (χ4v) is 2.83. The first-order chi connectivity index (χ1) is 12.4. The van der Waals surface area contributed by atoms with Gasteiger partial charge in [0.15, 0.2) is 0 Å². The molecule has 0 saturated carbocycles. The number of likely N-dealkylation sites (N-methyl/N-ethyl adjacent to an activating group) is 1. The maximum absolute atomic E-state index is 12.6. The summed E-state index contributed by atoms with van der Waals surface area (Å²) in [5.41, 5.74) is 2.11. The van der Waals surface area contributed by atoms with Crippen molar-refractivity contribution in [1.29, 1.82) is 0 Å². The van der Waals surface area contributed by atoms with E-state index in [2.05, 4.69) is 6.07 Å². The molecule has 0 N–H and O–H groups in total. The van der Waals surface area contributed by atoms with Crippen LogP contribution in [0.4, 0.5) is 0 Å². The Bertz CT molecular complexity index is 986. The first kappa shape index (κ1) is 17.7. The average molecular weight is 351 g/mol. The van der Waals surface area contributed by atoms with Crippen LogP contribution >= 0.6 is 0 Å². The summed E-state index contributed by atoms with van der Waals surface area (Å²) in [6.07, 6.45) is 0. The Morgan fingerprint density at radius 3 is 2.50 bits per heavy atom. The van der Waals surface area contributed by atoms with Crippen molar-refractivity contribution in [3.8, 4) is 5.75 Å². The normalized spacial score (nSPS) is 10.7. The summed E-state index contributed by atoms with van der Waals surface area (Å²) < 4.78 is 11.0. The summed E-state index contributed by atoms with van der Waals surface area (Å²) in [6, 6.07) is 14.7.